The summed E-state index contributed by atoms with van der Waals surface area (Å²) in [5.41, 5.74) is 0.611. The maximum atomic E-state index is 14.1. The van der Waals surface area contributed by atoms with E-state index in [1.165, 1.54) is 25.8 Å². The van der Waals surface area contributed by atoms with Gasteiger partial charge in [-0.15, -0.1) is 0 Å². The predicted octanol–water partition coefficient (Wildman–Crippen LogP) is 2.10. The molecule has 0 unspecified atom stereocenters. The quantitative estimate of drug-likeness (QED) is 0.795. The van der Waals surface area contributed by atoms with Crippen LogP contribution in [0, 0.1) is 30.5 Å². The third-order valence-electron chi connectivity index (χ3n) is 7.81. The number of aryl methyl sites for hydroxylation is 1. The van der Waals surface area contributed by atoms with Crippen molar-refractivity contribution in [3.8, 4) is 5.75 Å². The van der Waals surface area contributed by atoms with E-state index in [2.05, 4.69) is 5.32 Å². The summed E-state index contributed by atoms with van der Waals surface area (Å²) in [6, 6.07) is 5.14. The first-order valence-corrected chi connectivity index (χ1v) is 11.1. The molecule has 3 heterocycles. The first-order chi connectivity index (χ1) is 15.4. The number of pyridine rings is 1. The second-order valence-electron chi connectivity index (χ2n) is 9.49. The van der Waals surface area contributed by atoms with E-state index in [4.69, 9.17) is 4.74 Å². The lowest BCUT2D eigenvalue weighted by Gasteiger charge is -2.40. The number of amides is 2. The molecule has 5 atom stereocenters. The first-order valence-electron chi connectivity index (χ1n) is 11.1. The molecule has 4 aliphatic rings. The minimum atomic E-state index is -0.624. The van der Waals surface area contributed by atoms with Gasteiger partial charge in [0.2, 0.25) is 5.43 Å². The zero-order chi connectivity index (χ0) is 22.3. The van der Waals surface area contributed by atoms with Gasteiger partial charge in [-0.3, -0.25) is 14.4 Å². The van der Waals surface area contributed by atoms with Gasteiger partial charge in [0, 0.05) is 30.9 Å². The molecule has 1 aromatic carbocycles. The highest BCUT2D eigenvalue weighted by atomic mass is 19.1. The molecule has 2 aliphatic carbocycles. The van der Waals surface area contributed by atoms with Crippen LogP contribution in [0.2, 0.25) is 0 Å². The Morgan fingerprint density at radius 3 is 2.72 bits per heavy atom. The van der Waals surface area contributed by atoms with Crippen molar-refractivity contribution in [2.24, 2.45) is 17.8 Å². The van der Waals surface area contributed by atoms with Crippen molar-refractivity contribution in [1.82, 2.24) is 14.8 Å². The van der Waals surface area contributed by atoms with Crippen LogP contribution in [0.3, 0.4) is 0 Å². The molecule has 6 rings (SSSR count). The first kappa shape index (κ1) is 19.5. The Morgan fingerprint density at radius 2 is 1.97 bits per heavy atom. The number of piperidine rings is 1. The van der Waals surface area contributed by atoms with Gasteiger partial charge in [0.25, 0.3) is 11.8 Å². The highest BCUT2D eigenvalue weighted by molar-refractivity contribution is 5.99. The molecular weight excluding hydrogens is 413 g/mol. The summed E-state index contributed by atoms with van der Waals surface area (Å²) in [5.74, 6) is 0.508. The average Bonchev–Trinajstić information content (AvgIpc) is 3.38. The molecule has 2 saturated carbocycles. The van der Waals surface area contributed by atoms with Crippen LogP contribution >= 0.6 is 0 Å². The number of halogens is 1. The van der Waals surface area contributed by atoms with Crippen LogP contribution in [0.25, 0.3) is 0 Å². The monoisotopic (exact) mass is 437 g/mol. The number of methoxy groups -OCH3 is 1. The Bertz CT molecular complexity index is 1240. The highest BCUT2D eigenvalue weighted by Crippen LogP contribution is 2.64. The molecule has 32 heavy (non-hydrogen) atoms. The van der Waals surface area contributed by atoms with Gasteiger partial charge in [0.15, 0.2) is 11.4 Å². The Hall–Kier alpha value is -3.16. The second-order valence-corrected chi connectivity index (χ2v) is 9.49. The highest BCUT2D eigenvalue weighted by Gasteiger charge is 2.66. The average molecular weight is 437 g/mol. The number of ether oxygens (including phenoxy) is 1. The van der Waals surface area contributed by atoms with Gasteiger partial charge in [-0.05, 0) is 49.1 Å². The minimum absolute atomic E-state index is 0.0450. The molecule has 1 aromatic heterocycles. The van der Waals surface area contributed by atoms with Crippen LogP contribution in [0.1, 0.15) is 44.8 Å². The Labute approximate surface area is 184 Å². The van der Waals surface area contributed by atoms with Crippen LogP contribution in [-0.2, 0) is 13.1 Å². The lowest BCUT2D eigenvalue weighted by Crippen LogP contribution is -2.53. The van der Waals surface area contributed by atoms with Crippen molar-refractivity contribution < 1.29 is 18.7 Å². The Morgan fingerprint density at radius 1 is 1.19 bits per heavy atom. The molecule has 7 nitrogen and oxygen atoms in total. The molecule has 166 valence electrons. The molecule has 1 N–H and O–H groups in total. The number of carbonyl (C=O) groups is 2. The topological polar surface area (TPSA) is 80.6 Å². The summed E-state index contributed by atoms with van der Waals surface area (Å²) in [4.78, 5) is 41.3. The van der Waals surface area contributed by atoms with Crippen LogP contribution < -0.4 is 15.5 Å². The van der Waals surface area contributed by atoms with Gasteiger partial charge in [0.1, 0.15) is 11.4 Å². The van der Waals surface area contributed by atoms with Crippen molar-refractivity contribution in [2.45, 2.75) is 44.9 Å². The van der Waals surface area contributed by atoms with Crippen LogP contribution in [0.4, 0.5) is 4.39 Å². The van der Waals surface area contributed by atoms with Gasteiger partial charge >= 0.3 is 0 Å². The third kappa shape index (κ3) is 2.61. The molecular formula is C24H24FN3O4. The fraction of sp³-hybridized carbons (Fsp3) is 0.458. The summed E-state index contributed by atoms with van der Waals surface area (Å²) in [6.07, 6.45) is 3.68. The van der Waals surface area contributed by atoms with Crippen molar-refractivity contribution in [1.29, 1.82) is 0 Å². The van der Waals surface area contributed by atoms with E-state index in [1.807, 2.05) is 4.90 Å². The number of hydrogen-bond donors (Lipinski definition) is 1. The molecule has 0 radical (unpaired) electrons. The maximum Gasteiger partial charge on any atom is 0.275 e. The smallest absolute Gasteiger partial charge is 0.275 e. The van der Waals surface area contributed by atoms with Crippen molar-refractivity contribution in [3.05, 3.63) is 62.8 Å². The van der Waals surface area contributed by atoms with E-state index in [0.717, 1.165) is 12.0 Å². The van der Waals surface area contributed by atoms with Crippen LogP contribution in [0.15, 0.2) is 29.2 Å². The molecule has 2 bridgehead atoms. The number of nitrogens with zero attached hydrogens (tertiary/aromatic N) is 2. The van der Waals surface area contributed by atoms with Gasteiger partial charge in [-0.1, -0.05) is 12.1 Å². The number of benzene rings is 1. The number of carbonyl (C=O) groups excluding carboxylic acids is 2. The maximum absolute atomic E-state index is 14.1. The summed E-state index contributed by atoms with van der Waals surface area (Å²) < 4.78 is 21.2. The van der Waals surface area contributed by atoms with Crippen molar-refractivity contribution in [3.63, 3.8) is 0 Å². The zero-order valence-corrected chi connectivity index (χ0v) is 17.9. The predicted molar refractivity (Wildman–Crippen MR) is 113 cm³/mol. The zero-order valence-electron chi connectivity index (χ0n) is 17.9. The van der Waals surface area contributed by atoms with Crippen molar-refractivity contribution >= 4 is 11.8 Å². The number of rotatable bonds is 4. The summed E-state index contributed by atoms with van der Waals surface area (Å²) >= 11 is 0. The Balaban J connectivity index is 1.32. The largest absolute Gasteiger partial charge is 0.491 e. The van der Waals surface area contributed by atoms with E-state index in [-0.39, 0.29) is 41.5 Å². The standard InChI is InChI=1S/C24H24FN3O4/c1-11-3-4-12(17(25)5-11)8-26-23(30)16-9-27-10-19-15-7-18(14-6-13(14)15)28(19)24(31)20(27)22(32-2)21(16)29/h3-5,9,13-15,18-19H,6-8,10H2,1-2H3,(H,26,30)/t13-,14+,15-,18+,19-/m1/s1. The van der Waals surface area contributed by atoms with Crippen molar-refractivity contribution in [2.75, 3.05) is 7.11 Å². The normalized spacial score (nSPS) is 28.8. The SMILES string of the molecule is COc1c2n(cc(C(=O)NCc3ccc(C)cc3F)c1=O)C[C@@H]1[C@@H]3C[C@@H]([C@H]4C[C@@H]34)N1C2=O. The van der Waals surface area contributed by atoms with Gasteiger partial charge < -0.3 is 19.5 Å². The number of fused-ring (bicyclic) bond motifs is 9. The van der Waals surface area contributed by atoms with Crippen LogP contribution in [-0.4, -0.2) is 40.5 Å². The molecule has 2 aliphatic heterocycles. The molecule has 3 fully saturated rings. The molecule has 8 heteroatoms. The lowest BCUT2D eigenvalue weighted by atomic mass is 9.94. The summed E-state index contributed by atoms with van der Waals surface area (Å²) in [6.45, 7) is 2.29. The number of aromatic nitrogens is 1. The lowest BCUT2D eigenvalue weighted by molar-refractivity contribution is 0.0465. The van der Waals surface area contributed by atoms with Gasteiger partial charge in [0.05, 0.1) is 13.2 Å². The number of nitrogens with one attached hydrogen (secondary N) is 1. The summed E-state index contributed by atoms with van der Waals surface area (Å²) in [7, 11) is 1.34. The Kier molecular flexibility index (Phi) is 4.07. The molecule has 2 amide bonds. The van der Waals surface area contributed by atoms with E-state index in [0.29, 0.717) is 29.9 Å². The fourth-order valence-electron chi connectivity index (χ4n) is 6.28. The van der Waals surface area contributed by atoms with Crippen LogP contribution in [0.5, 0.6) is 5.75 Å². The number of hydrogen-bond acceptors (Lipinski definition) is 4. The van der Waals surface area contributed by atoms with E-state index >= 15 is 0 Å². The van der Waals surface area contributed by atoms with E-state index < -0.39 is 17.2 Å². The van der Waals surface area contributed by atoms with E-state index in [9.17, 15) is 18.8 Å². The van der Waals surface area contributed by atoms with Gasteiger partial charge in [-0.25, -0.2) is 4.39 Å². The minimum Gasteiger partial charge on any atom is -0.491 e. The fourth-order valence-corrected chi connectivity index (χ4v) is 6.28. The molecule has 1 saturated heterocycles. The third-order valence-corrected chi connectivity index (χ3v) is 7.81. The van der Waals surface area contributed by atoms with E-state index in [1.54, 1.807) is 23.6 Å². The molecule has 2 aromatic rings. The molecule has 0 spiro atoms. The second kappa shape index (κ2) is 6.67. The summed E-state index contributed by atoms with van der Waals surface area (Å²) in [5, 5.41) is 2.63. The van der Waals surface area contributed by atoms with Gasteiger partial charge in [-0.2, -0.15) is 0 Å².